The Morgan fingerprint density at radius 2 is 2.10 bits per heavy atom. The number of nitrogens with zero attached hydrogens (tertiary/aromatic N) is 1. The van der Waals surface area contributed by atoms with Crippen LogP contribution in [-0.2, 0) is 6.54 Å². The molecule has 1 N–H and O–H groups in total. The second-order valence-electron chi connectivity index (χ2n) is 7.17. The van der Waals surface area contributed by atoms with Crippen molar-refractivity contribution >= 4 is 0 Å². The molecule has 2 unspecified atom stereocenters. The molecule has 0 bridgehead atoms. The van der Waals surface area contributed by atoms with Crippen LogP contribution in [0.15, 0.2) is 24.3 Å². The SMILES string of the molecule is CCC1CNC(C(C)(C)C)CN1Cc1cccc(OC)c1. The zero-order valence-corrected chi connectivity index (χ0v) is 14.1. The molecule has 0 aromatic heterocycles. The van der Waals surface area contributed by atoms with E-state index in [-0.39, 0.29) is 0 Å². The van der Waals surface area contributed by atoms with Crippen molar-refractivity contribution < 1.29 is 4.74 Å². The lowest BCUT2D eigenvalue weighted by Crippen LogP contribution is -2.59. The zero-order valence-electron chi connectivity index (χ0n) is 14.1. The van der Waals surface area contributed by atoms with Gasteiger partial charge < -0.3 is 10.1 Å². The summed E-state index contributed by atoms with van der Waals surface area (Å²) >= 11 is 0. The van der Waals surface area contributed by atoms with Crippen molar-refractivity contribution in [1.82, 2.24) is 10.2 Å². The highest BCUT2D eigenvalue weighted by Gasteiger charge is 2.33. The molecular weight excluding hydrogens is 260 g/mol. The average Bonchev–Trinajstić information content (AvgIpc) is 2.46. The number of hydrogen-bond donors (Lipinski definition) is 1. The molecule has 0 saturated carbocycles. The number of ether oxygens (including phenoxy) is 1. The number of piperazine rings is 1. The van der Waals surface area contributed by atoms with Gasteiger partial charge in [0.05, 0.1) is 7.11 Å². The fraction of sp³-hybridized carbons (Fsp3) is 0.667. The van der Waals surface area contributed by atoms with Crippen molar-refractivity contribution in [2.75, 3.05) is 20.2 Å². The Morgan fingerprint density at radius 1 is 1.33 bits per heavy atom. The molecule has 1 heterocycles. The highest BCUT2D eigenvalue weighted by atomic mass is 16.5. The minimum atomic E-state index is 0.297. The van der Waals surface area contributed by atoms with Gasteiger partial charge in [0.25, 0.3) is 0 Å². The molecule has 2 atom stereocenters. The van der Waals surface area contributed by atoms with Crippen LogP contribution in [0.5, 0.6) is 5.75 Å². The van der Waals surface area contributed by atoms with E-state index in [4.69, 9.17) is 4.74 Å². The molecule has 0 amide bonds. The van der Waals surface area contributed by atoms with E-state index in [1.165, 1.54) is 12.0 Å². The molecule has 3 nitrogen and oxygen atoms in total. The van der Waals surface area contributed by atoms with Gasteiger partial charge in [0.15, 0.2) is 0 Å². The predicted octanol–water partition coefficient (Wildman–Crippen LogP) is 3.29. The molecule has 2 rings (SSSR count). The Bertz CT molecular complexity index is 453. The number of nitrogens with one attached hydrogen (secondary N) is 1. The fourth-order valence-electron chi connectivity index (χ4n) is 3.04. The second-order valence-corrected chi connectivity index (χ2v) is 7.17. The minimum absolute atomic E-state index is 0.297. The number of methoxy groups -OCH3 is 1. The number of hydrogen-bond acceptors (Lipinski definition) is 3. The Hall–Kier alpha value is -1.06. The first-order valence-electron chi connectivity index (χ1n) is 8.04. The van der Waals surface area contributed by atoms with Crippen LogP contribution in [-0.4, -0.2) is 37.2 Å². The highest BCUT2D eigenvalue weighted by Crippen LogP contribution is 2.26. The molecule has 1 aromatic rings. The van der Waals surface area contributed by atoms with Gasteiger partial charge in [-0.15, -0.1) is 0 Å². The molecular formula is C18H30N2O. The molecule has 1 fully saturated rings. The summed E-state index contributed by atoms with van der Waals surface area (Å²) in [7, 11) is 1.73. The van der Waals surface area contributed by atoms with Crippen molar-refractivity contribution in [1.29, 1.82) is 0 Å². The summed E-state index contributed by atoms with van der Waals surface area (Å²) in [6.07, 6.45) is 1.19. The van der Waals surface area contributed by atoms with Crippen molar-refractivity contribution in [3.05, 3.63) is 29.8 Å². The Morgan fingerprint density at radius 3 is 2.71 bits per heavy atom. The minimum Gasteiger partial charge on any atom is -0.497 e. The van der Waals surface area contributed by atoms with E-state index in [0.29, 0.717) is 17.5 Å². The summed E-state index contributed by atoms with van der Waals surface area (Å²) in [6, 6.07) is 9.61. The number of benzene rings is 1. The van der Waals surface area contributed by atoms with Gasteiger partial charge in [-0.1, -0.05) is 39.8 Å². The molecule has 0 aliphatic carbocycles. The van der Waals surface area contributed by atoms with Gasteiger partial charge in [-0.25, -0.2) is 0 Å². The van der Waals surface area contributed by atoms with Crippen molar-refractivity contribution in [3.63, 3.8) is 0 Å². The third-order valence-corrected chi connectivity index (χ3v) is 4.57. The molecule has 0 spiro atoms. The molecule has 1 aliphatic rings. The number of rotatable bonds is 4. The third-order valence-electron chi connectivity index (χ3n) is 4.57. The quantitative estimate of drug-likeness (QED) is 0.921. The van der Waals surface area contributed by atoms with Crippen LogP contribution in [0.4, 0.5) is 0 Å². The molecule has 0 radical (unpaired) electrons. The lowest BCUT2D eigenvalue weighted by Gasteiger charge is -2.45. The third kappa shape index (κ3) is 4.21. The average molecular weight is 290 g/mol. The largest absolute Gasteiger partial charge is 0.497 e. The standard InChI is InChI=1S/C18H30N2O/c1-6-15-11-19-17(18(2,3)4)13-20(15)12-14-8-7-9-16(10-14)21-5/h7-10,15,17,19H,6,11-13H2,1-5H3. The van der Waals surface area contributed by atoms with Crippen LogP contribution in [0.3, 0.4) is 0 Å². The normalized spacial score (nSPS) is 24.0. The van der Waals surface area contributed by atoms with E-state index in [0.717, 1.165) is 25.4 Å². The molecule has 3 heteroatoms. The second kappa shape index (κ2) is 6.80. The monoisotopic (exact) mass is 290 g/mol. The smallest absolute Gasteiger partial charge is 0.119 e. The summed E-state index contributed by atoms with van der Waals surface area (Å²) in [5, 5.41) is 3.73. The van der Waals surface area contributed by atoms with Gasteiger partial charge >= 0.3 is 0 Å². The van der Waals surface area contributed by atoms with E-state index in [2.05, 4.69) is 56.1 Å². The molecule has 1 saturated heterocycles. The lowest BCUT2D eigenvalue weighted by atomic mass is 9.84. The van der Waals surface area contributed by atoms with Crippen molar-refractivity contribution in [3.8, 4) is 5.75 Å². The Kier molecular flexibility index (Phi) is 5.28. The summed E-state index contributed by atoms with van der Waals surface area (Å²) in [4.78, 5) is 2.63. The van der Waals surface area contributed by atoms with E-state index >= 15 is 0 Å². The maximum atomic E-state index is 5.34. The van der Waals surface area contributed by atoms with Gasteiger partial charge in [0.1, 0.15) is 5.75 Å². The molecule has 21 heavy (non-hydrogen) atoms. The van der Waals surface area contributed by atoms with Gasteiger partial charge in [0, 0.05) is 31.7 Å². The maximum absolute atomic E-state index is 5.34. The van der Waals surface area contributed by atoms with Crippen molar-refractivity contribution in [2.45, 2.75) is 52.7 Å². The van der Waals surface area contributed by atoms with E-state index in [1.807, 2.05) is 6.07 Å². The maximum Gasteiger partial charge on any atom is 0.119 e. The van der Waals surface area contributed by atoms with Crippen LogP contribution in [0.2, 0.25) is 0 Å². The summed E-state index contributed by atoms with van der Waals surface area (Å²) in [5.74, 6) is 0.947. The summed E-state index contributed by atoms with van der Waals surface area (Å²) in [5.41, 5.74) is 1.63. The van der Waals surface area contributed by atoms with Gasteiger partial charge in [-0.2, -0.15) is 0 Å². The van der Waals surface area contributed by atoms with Crippen molar-refractivity contribution in [2.24, 2.45) is 5.41 Å². The van der Waals surface area contributed by atoms with Gasteiger partial charge in [-0.3, -0.25) is 4.90 Å². The van der Waals surface area contributed by atoms with Crippen LogP contribution < -0.4 is 10.1 Å². The van der Waals surface area contributed by atoms with Crippen LogP contribution >= 0.6 is 0 Å². The van der Waals surface area contributed by atoms with Gasteiger partial charge in [0.2, 0.25) is 0 Å². The first-order chi connectivity index (χ1) is 9.94. The Balaban J connectivity index is 2.10. The van der Waals surface area contributed by atoms with Crippen LogP contribution in [0.25, 0.3) is 0 Å². The molecule has 1 aliphatic heterocycles. The molecule has 118 valence electrons. The van der Waals surface area contributed by atoms with Crippen LogP contribution in [0.1, 0.15) is 39.7 Å². The molecule has 1 aromatic carbocycles. The highest BCUT2D eigenvalue weighted by molar-refractivity contribution is 5.28. The first-order valence-corrected chi connectivity index (χ1v) is 8.04. The first kappa shape index (κ1) is 16.3. The van der Waals surface area contributed by atoms with Gasteiger partial charge in [-0.05, 0) is 29.5 Å². The fourth-order valence-corrected chi connectivity index (χ4v) is 3.04. The zero-order chi connectivity index (χ0) is 15.5. The van der Waals surface area contributed by atoms with E-state index in [9.17, 15) is 0 Å². The van der Waals surface area contributed by atoms with E-state index in [1.54, 1.807) is 7.11 Å². The topological polar surface area (TPSA) is 24.5 Å². The Labute approximate surface area is 129 Å². The lowest BCUT2D eigenvalue weighted by molar-refractivity contribution is 0.0774. The summed E-state index contributed by atoms with van der Waals surface area (Å²) < 4.78 is 5.34. The predicted molar refractivity (Wildman–Crippen MR) is 88.7 cm³/mol. The van der Waals surface area contributed by atoms with Crippen LogP contribution in [0, 0.1) is 5.41 Å². The van der Waals surface area contributed by atoms with E-state index < -0.39 is 0 Å². The summed E-state index contributed by atoms with van der Waals surface area (Å²) in [6.45, 7) is 12.4.